The highest BCUT2D eigenvalue weighted by Crippen LogP contribution is 2.38. The molecule has 0 spiro atoms. The average Bonchev–Trinajstić information content (AvgIpc) is 3.18. The van der Waals surface area contributed by atoms with Gasteiger partial charge in [-0.05, 0) is 57.9 Å². The van der Waals surface area contributed by atoms with Crippen molar-refractivity contribution in [2.45, 2.75) is 39.7 Å². The molecular weight excluding hydrogens is 306 g/mol. The number of anilines is 1. The van der Waals surface area contributed by atoms with Crippen molar-refractivity contribution >= 4 is 33.1 Å². The number of hydrogen-bond donors (Lipinski definition) is 1. The van der Waals surface area contributed by atoms with Crippen LogP contribution in [0, 0.1) is 20.8 Å². The molecule has 1 fully saturated rings. The third-order valence-corrected chi connectivity index (χ3v) is 5.33. The number of benzene rings is 1. The lowest BCUT2D eigenvalue weighted by molar-refractivity contribution is 0.102. The summed E-state index contributed by atoms with van der Waals surface area (Å²) in [5, 5.41) is 4.07. The molecule has 1 amide bonds. The topological polar surface area (TPSA) is 46.9 Å². The van der Waals surface area contributed by atoms with E-state index >= 15 is 0 Å². The van der Waals surface area contributed by atoms with Crippen molar-refractivity contribution in [2.24, 2.45) is 0 Å². The Morgan fingerprint density at radius 2 is 2.04 bits per heavy atom. The zero-order chi connectivity index (χ0) is 16.1. The first-order valence-electron chi connectivity index (χ1n) is 7.90. The number of fused-ring (bicyclic) bond motifs is 1. The van der Waals surface area contributed by atoms with Gasteiger partial charge >= 0.3 is 0 Å². The first kappa shape index (κ1) is 14.5. The molecule has 4 rings (SSSR count). The maximum Gasteiger partial charge on any atom is 0.257 e. The van der Waals surface area contributed by atoms with Gasteiger partial charge in [0, 0.05) is 23.1 Å². The molecule has 1 saturated carbocycles. The van der Waals surface area contributed by atoms with Gasteiger partial charge in [0.2, 0.25) is 0 Å². The monoisotopic (exact) mass is 325 g/mol. The second-order valence-electron chi connectivity index (χ2n) is 6.26. The molecule has 1 aromatic carbocycles. The molecule has 5 heteroatoms. The van der Waals surface area contributed by atoms with E-state index in [4.69, 9.17) is 0 Å². The number of carbonyl (C=O) groups excluding carboxylic acids is 1. The first-order valence-corrected chi connectivity index (χ1v) is 8.71. The predicted molar refractivity (Wildman–Crippen MR) is 94.5 cm³/mol. The number of thiazole rings is 1. The molecule has 1 N–H and O–H groups in total. The maximum absolute atomic E-state index is 12.6. The van der Waals surface area contributed by atoms with Crippen LogP contribution in [0.3, 0.4) is 0 Å². The summed E-state index contributed by atoms with van der Waals surface area (Å²) >= 11 is 1.64. The molecule has 0 unspecified atom stereocenters. The van der Waals surface area contributed by atoms with Crippen LogP contribution in [0.5, 0.6) is 0 Å². The summed E-state index contributed by atoms with van der Waals surface area (Å²) in [6.45, 7) is 6.11. The molecule has 118 valence electrons. The van der Waals surface area contributed by atoms with Gasteiger partial charge in [-0.3, -0.25) is 4.79 Å². The van der Waals surface area contributed by atoms with Crippen molar-refractivity contribution in [3.63, 3.8) is 0 Å². The molecule has 0 bridgehead atoms. The highest BCUT2D eigenvalue weighted by Gasteiger charge is 2.28. The van der Waals surface area contributed by atoms with Gasteiger partial charge in [0.1, 0.15) is 0 Å². The van der Waals surface area contributed by atoms with Gasteiger partial charge in [-0.1, -0.05) is 0 Å². The quantitative estimate of drug-likeness (QED) is 0.764. The van der Waals surface area contributed by atoms with Crippen LogP contribution in [0.4, 0.5) is 5.69 Å². The Kier molecular flexibility index (Phi) is 3.27. The van der Waals surface area contributed by atoms with E-state index in [0.717, 1.165) is 32.2 Å². The summed E-state index contributed by atoms with van der Waals surface area (Å²) in [5.41, 5.74) is 4.82. The molecule has 0 aliphatic heterocycles. The zero-order valence-electron chi connectivity index (χ0n) is 13.5. The first-order chi connectivity index (χ1) is 11.0. The van der Waals surface area contributed by atoms with Crippen LogP contribution in [-0.2, 0) is 0 Å². The number of hydrogen-bond acceptors (Lipinski definition) is 3. The second kappa shape index (κ2) is 5.20. The van der Waals surface area contributed by atoms with E-state index < -0.39 is 0 Å². The van der Waals surface area contributed by atoms with Crippen LogP contribution in [0.2, 0.25) is 0 Å². The van der Waals surface area contributed by atoms with E-state index in [1.807, 2.05) is 38.1 Å². The number of nitrogens with zero attached hydrogens (tertiary/aromatic N) is 2. The van der Waals surface area contributed by atoms with E-state index in [2.05, 4.69) is 21.8 Å². The minimum Gasteiger partial charge on any atom is -0.345 e. The Hall–Kier alpha value is -2.14. The van der Waals surface area contributed by atoms with Crippen molar-refractivity contribution < 1.29 is 4.79 Å². The van der Waals surface area contributed by atoms with Gasteiger partial charge in [0.15, 0.2) is 0 Å². The number of rotatable bonds is 3. The smallest absolute Gasteiger partial charge is 0.257 e. The van der Waals surface area contributed by atoms with E-state index in [-0.39, 0.29) is 5.91 Å². The van der Waals surface area contributed by atoms with Crippen molar-refractivity contribution in [1.29, 1.82) is 0 Å². The Balaban J connectivity index is 1.62. The van der Waals surface area contributed by atoms with Crippen LogP contribution < -0.4 is 5.32 Å². The normalized spacial score (nSPS) is 14.4. The number of amides is 1. The fourth-order valence-electron chi connectivity index (χ4n) is 3.22. The third kappa shape index (κ3) is 2.55. The van der Waals surface area contributed by atoms with E-state index in [1.165, 1.54) is 18.5 Å². The number of aromatic nitrogens is 2. The minimum atomic E-state index is -0.0365. The second-order valence-corrected chi connectivity index (χ2v) is 7.49. The molecule has 23 heavy (non-hydrogen) atoms. The lowest BCUT2D eigenvalue weighted by Gasteiger charge is -2.08. The van der Waals surface area contributed by atoms with E-state index in [0.29, 0.717) is 6.04 Å². The lowest BCUT2D eigenvalue weighted by atomic mass is 10.2. The molecule has 0 atom stereocenters. The van der Waals surface area contributed by atoms with E-state index in [1.54, 1.807) is 11.3 Å². The Bertz CT molecular complexity index is 918. The molecule has 1 aliphatic carbocycles. The summed E-state index contributed by atoms with van der Waals surface area (Å²) in [4.78, 5) is 17.1. The Labute approximate surface area is 139 Å². The summed E-state index contributed by atoms with van der Waals surface area (Å²) < 4.78 is 3.40. The Morgan fingerprint density at radius 1 is 1.26 bits per heavy atom. The largest absolute Gasteiger partial charge is 0.345 e. The molecule has 3 aromatic rings. The van der Waals surface area contributed by atoms with Crippen LogP contribution in [0.15, 0.2) is 24.3 Å². The lowest BCUT2D eigenvalue weighted by Crippen LogP contribution is -2.13. The molecule has 1 aliphatic rings. The van der Waals surface area contributed by atoms with E-state index in [9.17, 15) is 4.79 Å². The van der Waals surface area contributed by atoms with Gasteiger partial charge in [0.05, 0.1) is 20.8 Å². The fourth-order valence-corrected chi connectivity index (χ4v) is 4.08. The standard InChI is InChI=1S/C18H19N3OS/c1-10-8-15(11(2)21(10)14-5-6-14)18(22)20-13-4-7-16-17(9-13)23-12(3)19-16/h4,7-9,14H,5-6H2,1-3H3,(H,20,22). The van der Waals surface area contributed by atoms with Crippen LogP contribution in [0.1, 0.15) is 45.6 Å². The van der Waals surface area contributed by atoms with Gasteiger partial charge in [-0.2, -0.15) is 0 Å². The van der Waals surface area contributed by atoms with Crippen molar-refractivity contribution in [1.82, 2.24) is 9.55 Å². The summed E-state index contributed by atoms with van der Waals surface area (Å²) in [7, 11) is 0. The van der Waals surface area contributed by atoms with Gasteiger partial charge in [-0.25, -0.2) is 4.98 Å². The van der Waals surface area contributed by atoms with Crippen LogP contribution in [0.25, 0.3) is 10.2 Å². The van der Waals surface area contributed by atoms with Crippen molar-refractivity contribution in [2.75, 3.05) is 5.32 Å². The number of aryl methyl sites for hydroxylation is 2. The highest BCUT2D eigenvalue weighted by molar-refractivity contribution is 7.18. The fraction of sp³-hybridized carbons (Fsp3) is 0.333. The molecule has 2 heterocycles. The average molecular weight is 325 g/mol. The van der Waals surface area contributed by atoms with Crippen molar-refractivity contribution in [3.8, 4) is 0 Å². The van der Waals surface area contributed by atoms with Gasteiger partial charge in [-0.15, -0.1) is 11.3 Å². The van der Waals surface area contributed by atoms with Crippen molar-refractivity contribution in [3.05, 3.63) is 46.2 Å². The molecule has 0 saturated heterocycles. The molecule has 2 aromatic heterocycles. The van der Waals surface area contributed by atoms with Crippen LogP contribution >= 0.6 is 11.3 Å². The SMILES string of the molecule is Cc1nc2ccc(NC(=O)c3cc(C)n(C4CC4)c3C)cc2s1. The Morgan fingerprint density at radius 3 is 2.78 bits per heavy atom. The third-order valence-electron chi connectivity index (χ3n) is 4.39. The van der Waals surface area contributed by atoms with Crippen LogP contribution in [-0.4, -0.2) is 15.5 Å². The number of carbonyl (C=O) groups is 1. The molecule has 4 nitrogen and oxygen atoms in total. The molecular formula is C18H19N3OS. The highest BCUT2D eigenvalue weighted by atomic mass is 32.1. The summed E-state index contributed by atoms with van der Waals surface area (Å²) in [6.07, 6.45) is 2.44. The summed E-state index contributed by atoms with van der Waals surface area (Å²) in [6, 6.07) is 8.46. The molecule has 0 radical (unpaired) electrons. The summed E-state index contributed by atoms with van der Waals surface area (Å²) in [5.74, 6) is -0.0365. The maximum atomic E-state index is 12.6. The predicted octanol–water partition coefficient (Wildman–Crippen LogP) is 4.61. The van der Waals surface area contributed by atoms with Gasteiger partial charge < -0.3 is 9.88 Å². The van der Waals surface area contributed by atoms with Gasteiger partial charge in [0.25, 0.3) is 5.91 Å². The minimum absolute atomic E-state index is 0.0365. The number of nitrogens with one attached hydrogen (secondary N) is 1. The zero-order valence-corrected chi connectivity index (χ0v) is 14.3.